The van der Waals surface area contributed by atoms with E-state index in [4.69, 9.17) is 0 Å². The lowest BCUT2D eigenvalue weighted by Gasteiger charge is -2.03. The fourth-order valence-corrected chi connectivity index (χ4v) is 0.681. The Labute approximate surface area is 63.4 Å². The van der Waals surface area contributed by atoms with Crippen molar-refractivity contribution in [1.29, 1.82) is 0 Å². The first-order valence-electron chi connectivity index (χ1n) is 3.08. The molecule has 5 heteroatoms. The molecule has 5 nitrogen and oxygen atoms in total. The van der Waals surface area contributed by atoms with Crippen LogP contribution in [0.25, 0.3) is 0 Å². The van der Waals surface area contributed by atoms with E-state index in [9.17, 15) is 9.59 Å². The smallest absolute Gasteiger partial charge is 0.268 e. The van der Waals surface area contributed by atoms with Crippen molar-refractivity contribution in [3.8, 4) is 0 Å². The number of amides is 2. The third kappa shape index (κ3) is 1.78. The van der Waals surface area contributed by atoms with E-state index >= 15 is 0 Å². The van der Waals surface area contributed by atoms with Gasteiger partial charge in [-0.2, -0.15) is 0 Å². The van der Waals surface area contributed by atoms with Gasteiger partial charge < -0.3 is 5.32 Å². The summed E-state index contributed by atoms with van der Waals surface area (Å²) in [4.78, 5) is 26.0. The van der Waals surface area contributed by atoms with Gasteiger partial charge in [0, 0.05) is 0 Å². The minimum atomic E-state index is -0.583. The highest BCUT2D eigenvalue weighted by atomic mass is 16.7. The molecule has 1 rings (SSSR count). The van der Waals surface area contributed by atoms with Crippen LogP contribution in [0.3, 0.4) is 0 Å². The second-order valence-electron chi connectivity index (χ2n) is 2.04. The van der Waals surface area contributed by atoms with Crippen molar-refractivity contribution in [3.63, 3.8) is 0 Å². The molecule has 0 aromatic heterocycles. The summed E-state index contributed by atoms with van der Waals surface area (Å²) >= 11 is 0. The Morgan fingerprint density at radius 2 is 2.64 bits per heavy atom. The second-order valence-corrected chi connectivity index (χ2v) is 2.04. The van der Waals surface area contributed by atoms with Crippen LogP contribution in [0, 0.1) is 0 Å². The number of hydroxylamine groups is 1. The van der Waals surface area contributed by atoms with Crippen LogP contribution >= 0.6 is 0 Å². The molecule has 0 aliphatic carbocycles. The third-order valence-electron chi connectivity index (χ3n) is 1.24. The van der Waals surface area contributed by atoms with Gasteiger partial charge in [-0.3, -0.25) is 14.4 Å². The van der Waals surface area contributed by atoms with E-state index < -0.39 is 6.04 Å². The zero-order chi connectivity index (χ0) is 8.27. The second kappa shape index (κ2) is 3.16. The summed E-state index contributed by atoms with van der Waals surface area (Å²) in [6, 6.07) is -0.583. The average molecular weight is 156 g/mol. The quantitative estimate of drug-likeness (QED) is 0.489. The highest BCUT2D eigenvalue weighted by molar-refractivity contribution is 5.92. The van der Waals surface area contributed by atoms with Crippen molar-refractivity contribution in [1.82, 2.24) is 10.8 Å². The predicted molar refractivity (Wildman–Crippen MR) is 36.2 cm³/mol. The normalized spacial score (nSPS) is 22.5. The molecule has 0 aromatic rings. The first-order chi connectivity index (χ1) is 5.24. The molecule has 0 aromatic carbocycles. The van der Waals surface area contributed by atoms with Gasteiger partial charge in [-0.25, -0.2) is 5.48 Å². The average Bonchev–Trinajstić information content (AvgIpc) is 2.37. The van der Waals surface area contributed by atoms with E-state index in [2.05, 4.69) is 22.2 Å². The lowest BCUT2D eigenvalue weighted by atomic mass is 10.3. The summed E-state index contributed by atoms with van der Waals surface area (Å²) in [5.74, 6) is -0.712. The summed E-state index contributed by atoms with van der Waals surface area (Å²) < 4.78 is 0. The summed E-state index contributed by atoms with van der Waals surface area (Å²) in [7, 11) is 0. The lowest BCUT2D eigenvalue weighted by molar-refractivity contribution is -0.127. The van der Waals surface area contributed by atoms with E-state index in [1.54, 1.807) is 0 Å². The number of rotatable bonds is 2. The van der Waals surface area contributed by atoms with Gasteiger partial charge in [-0.1, -0.05) is 6.58 Å². The molecule has 0 saturated carbocycles. The Bertz CT molecular complexity index is 202. The maximum Gasteiger partial charge on any atom is 0.268 e. The first kappa shape index (κ1) is 7.74. The van der Waals surface area contributed by atoms with Gasteiger partial charge in [0.05, 0.1) is 0 Å². The molecule has 0 radical (unpaired) electrons. The molecule has 1 saturated heterocycles. The summed E-state index contributed by atoms with van der Waals surface area (Å²) in [6.45, 7) is 3.41. The predicted octanol–water partition coefficient (Wildman–Crippen LogP) is -1.28. The zero-order valence-corrected chi connectivity index (χ0v) is 5.79. The number of carbonyl (C=O) groups is 2. The van der Waals surface area contributed by atoms with E-state index in [1.165, 1.54) is 0 Å². The molecule has 60 valence electrons. The molecular formula is C6H8N2O3. The van der Waals surface area contributed by atoms with Crippen LogP contribution in [-0.2, 0) is 14.4 Å². The minimum Gasteiger partial charge on any atom is -0.339 e. The lowest BCUT2D eigenvalue weighted by Crippen LogP contribution is -2.40. The maximum atomic E-state index is 10.7. The van der Waals surface area contributed by atoms with Crippen LogP contribution in [0.1, 0.15) is 0 Å². The summed E-state index contributed by atoms with van der Waals surface area (Å²) in [5, 5.41) is 2.38. The van der Waals surface area contributed by atoms with Crippen LogP contribution in [0.4, 0.5) is 0 Å². The standard InChI is InChI=1S/C6H8N2O3/c1-2-5(9)7-4-3-11-8-6(4)10/h2,4H,1,3H2,(H,7,9)(H,8,10)/t4-/m1/s1. The molecule has 0 unspecified atom stereocenters. The Hall–Kier alpha value is -1.36. The fraction of sp³-hybridized carbons (Fsp3) is 0.333. The molecular weight excluding hydrogens is 148 g/mol. The number of carbonyl (C=O) groups excluding carboxylic acids is 2. The van der Waals surface area contributed by atoms with Crippen molar-refractivity contribution in [2.45, 2.75) is 6.04 Å². The van der Waals surface area contributed by atoms with E-state index in [1.807, 2.05) is 0 Å². The van der Waals surface area contributed by atoms with Crippen molar-refractivity contribution >= 4 is 11.8 Å². The fourth-order valence-electron chi connectivity index (χ4n) is 0.681. The largest absolute Gasteiger partial charge is 0.339 e. The Morgan fingerprint density at radius 1 is 1.91 bits per heavy atom. The number of hydrogen-bond donors (Lipinski definition) is 2. The maximum absolute atomic E-state index is 10.7. The van der Waals surface area contributed by atoms with Crippen molar-refractivity contribution < 1.29 is 14.4 Å². The van der Waals surface area contributed by atoms with Gasteiger partial charge in [0.2, 0.25) is 5.91 Å². The Morgan fingerprint density at radius 3 is 3.09 bits per heavy atom. The summed E-state index contributed by atoms with van der Waals surface area (Å²) in [5.41, 5.74) is 2.11. The Balaban J connectivity index is 2.42. The molecule has 1 atom stereocenters. The minimum absolute atomic E-state index is 0.165. The molecule has 1 aliphatic rings. The van der Waals surface area contributed by atoms with Gasteiger partial charge in [-0.15, -0.1) is 0 Å². The van der Waals surface area contributed by atoms with Gasteiger partial charge >= 0.3 is 0 Å². The van der Waals surface area contributed by atoms with Crippen LogP contribution in [0.15, 0.2) is 12.7 Å². The van der Waals surface area contributed by atoms with E-state index in [-0.39, 0.29) is 18.4 Å². The monoisotopic (exact) mass is 156 g/mol. The number of nitrogens with one attached hydrogen (secondary N) is 2. The molecule has 1 fully saturated rings. The molecule has 1 aliphatic heterocycles. The van der Waals surface area contributed by atoms with Crippen LogP contribution in [0.5, 0.6) is 0 Å². The molecule has 1 heterocycles. The van der Waals surface area contributed by atoms with Gasteiger partial charge in [0.15, 0.2) is 0 Å². The zero-order valence-electron chi connectivity index (χ0n) is 5.79. The van der Waals surface area contributed by atoms with Crippen LogP contribution in [-0.4, -0.2) is 24.5 Å². The van der Waals surface area contributed by atoms with Gasteiger partial charge in [0.25, 0.3) is 5.91 Å². The summed E-state index contributed by atoms with van der Waals surface area (Å²) in [6.07, 6.45) is 1.10. The van der Waals surface area contributed by atoms with Crippen LogP contribution in [0.2, 0.25) is 0 Å². The van der Waals surface area contributed by atoms with Crippen molar-refractivity contribution in [2.24, 2.45) is 0 Å². The highest BCUT2D eigenvalue weighted by Crippen LogP contribution is 1.93. The molecule has 2 N–H and O–H groups in total. The topological polar surface area (TPSA) is 67.4 Å². The molecule has 2 amide bonds. The van der Waals surface area contributed by atoms with Gasteiger partial charge in [0.1, 0.15) is 12.6 Å². The van der Waals surface area contributed by atoms with Crippen LogP contribution < -0.4 is 10.8 Å². The first-order valence-corrected chi connectivity index (χ1v) is 3.08. The Kier molecular flexibility index (Phi) is 2.22. The molecule has 0 bridgehead atoms. The van der Waals surface area contributed by atoms with Crippen molar-refractivity contribution in [3.05, 3.63) is 12.7 Å². The molecule has 0 spiro atoms. The number of hydrogen-bond acceptors (Lipinski definition) is 3. The van der Waals surface area contributed by atoms with Gasteiger partial charge in [-0.05, 0) is 6.08 Å². The third-order valence-corrected chi connectivity index (χ3v) is 1.24. The highest BCUT2D eigenvalue weighted by Gasteiger charge is 2.25. The van der Waals surface area contributed by atoms with E-state index in [0.29, 0.717) is 0 Å². The SMILES string of the molecule is C=CC(=O)N[C@@H]1CONC1=O. The van der Waals surface area contributed by atoms with Crippen molar-refractivity contribution in [2.75, 3.05) is 6.61 Å². The molecule has 11 heavy (non-hydrogen) atoms. The van der Waals surface area contributed by atoms with E-state index in [0.717, 1.165) is 6.08 Å².